The predicted octanol–water partition coefficient (Wildman–Crippen LogP) is 6.20. The lowest BCUT2D eigenvalue weighted by Gasteiger charge is -2.37. The van der Waals surface area contributed by atoms with Crippen molar-refractivity contribution < 1.29 is 28.5 Å². The van der Waals surface area contributed by atoms with Crippen molar-refractivity contribution in [1.82, 2.24) is 5.32 Å². The molecule has 1 aliphatic heterocycles. The molecule has 4 rings (SSSR count). The lowest BCUT2D eigenvalue weighted by atomic mass is 9.71. The first-order valence-corrected chi connectivity index (χ1v) is 13.7. The molecule has 0 saturated heterocycles. The lowest BCUT2D eigenvalue weighted by molar-refractivity contribution is -0.143. The average Bonchev–Trinajstić information content (AvgIpc) is 2.91. The molecule has 0 radical (unpaired) electrons. The minimum absolute atomic E-state index is 0.000701. The monoisotopic (exact) mass is 533 g/mol. The van der Waals surface area contributed by atoms with Gasteiger partial charge in [0.25, 0.3) is 0 Å². The summed E-state index contributed by atoms with van der Waals surface area (Å²) in [5, 5.41) is 3.42. The number of para-hydroxylation sites is 1. The Morgan fingerprint density at radius 1 is 1.03 bits per heavy atom. The van der Waals surface area contributed by atoms with E-state index in [0.717, 1.165) is 29.7 Å². The smallest absolute Gasteiger partial charge is 0.337 e. The van der Waals surface area contributed by atoms with Gasteiger partial charge in [-0.25, -0.2) is 4.79 Å². The molecule has 0 saturated carbocycles. The van der Waals surface area contributed by atoms with Crippen molar-refractivity contribution in [2.24, 2.45) is 0 Å². The van der Waals surface area contributed by atoms with Gasteiger partial charge < -0.3 is 24.3 Å². The molecule has 0 aromatic heterocycles. The molecular weight excluding hydrogens is 494 g/mol. The van der Waals surface area contributed by atoms with Crippen LogP contribution >= 0.6 is 0 Å². The standard InChI is InChI=1S/C32H39NO6/c1-7-8-15-38-26-12-10-9-11-23(26)30-29(32(35)39-19(2)3)20(4)33-24-16-22(17-25(34)31(24)30)21-13-14-27(36-5)28(18-21)37-6/h9-14,18-19,22,30,33H,7-8,15-17H2,1-6H3/t22-,30-/m1/s1. The normalized spacial score (nSPS) is 19.0. The van der Waals surface area contributed by atoms with E-state index in [2.05, 4.69) is 12.2 Å². The van der Waals surface area contributed by atoms with Crippen LogP contribution in [0.5, 0.6) is 17.2 Å². The summed E-state index contributed by atoms with van der Waals surface area (Å²) in [6, 6.07) is 13.5. The highest BCUT2D eigenvalue weighted by Crippen LogP contribution is 2.48. The molecule has 0 spiro atoms. The summed E-state index contributed by atoms with van der Waals surface area (Å²) in [5.41, 5.74) is 4.38. The van der Waals surface area contributed by atoms with Gasteiger partial charge in [-0.2, -0.15) is 0 Å². The molecule has 2 aliphatic rings. The van der Waals surface area contributed by atoms with Gasteiger partial charge in [0.15, 0.2) is 17.3 Å². The Morgan fingerprint density at radius 2 is 1.77 bits per heavy atom. The molecule has 7 nitrogen and oxygen atoms in total. The van der Waals surface area contributed by atoms with Gasteiger partial charge in [0.05, 0.1) is 38.4 Å². The number of dihydropyridines is 1. The summed E-state index contributed by atoms with van der Waals surface area (Å²) in [4.78, 5) is 27.4. The van der Waals surface area contributed by atoms with E-state index in [1.807, 2.05) is 63.2 Å². The molecule has 2 atom stereocenters. The number of carbonyl (C=O) groups is 2. The minimum atomic E-state index is -0.579. The number of benzene rings is 2. The van der Waals surface area contributed by atoms with Crippen LogP contribution in [0.25, 0.3) is 0 Å². The first-order chi connectivity index (χ1) is 18.8. The predicted molar refractivity (Wildman–Crippen MR) is 150 cm³/mol. The van der Waals surface area contributed by atoms with E-state index >= 15 is 0 Å². The number of nitrogens with one attached hydrogen (secondary N) is 1. The zero-order valence-electron chi connectivity index (χ0n) is 23.8. The molecule has 208 valence electrons. The molecule has 0 bridgehead atoms. The summed E-state index contributed by atoms with van der Waals surface area (Å²) in [6.45, 7) is 8.20. The minimum Gasteiger partial charge on any atom is -0.493 e. The first kappa shape index (κ1) is 28.3. The number of allylic oxidation sites excluding steroid dienone is 3. The fourth-order valence-corrected chi connectivity index (χ4v) is 5.42. The molecule has 0 amide bonds. The topological polar surface area (TPSA) is 83.1 Å². The summed E-state index contributed by atoms with van der Waals surface area (Å²) in [7, 11) is 3.21. The number of ether oxygens (including phenoxy) is 4. The van der Waals surface area contributed by atoms with Gasteiger partial charge in [-0.3, -0.25) is 4.79 Å². The molecule has 1 N–H and O–H groups in total. The summed E-state index contributed by atoms with van der Waals surface area (Å²) < 4.78 is 22.7. The number of ketones is 1. The van der Waals surface area contributed by atoms with Crippen LogP contribution in [0.4, 0.5) is 0 Å². The van der Waals surface area contributed by atoms with Gasteiger partial charge in [-0.15, -0.1) is 0 Å². The Morgan fingerprint density at radius 3 is 2.46 bits per heavy atom. The Bertz CT molecular complexity index is 1290. The van der Waals surface area contributed by atoms with Crippen molar-refractivity contribution in [3.05, 3.63) is 76.1 Å². The lowest BCUT2D eigenvalue weighted by Crippen LogP contribution is -2.36. The largest absolute Gasteiger partial charge is 0.493 e. The van der Waals surface area contributed by atoms with Crippen LogP contribution in [0.15, 0.2) is 65.0 Å². The van der Waals surface area contributed by atoms with Crippen LogP contribution in [-0.2, 0) is 14.3 Å². The quantitative estimate of drug-likeness (QED) is 0.288. The van der Waals surface area contributed by atoms with Gasteiger partial charge in [-0.05, 0) is 63.3 Å². The van der Waals surface area contributed by atoms with Crippen molar-refractivity contribution in [3.8, 4) is 17.2 Å². The van der Waals surface area contributed by atoms with E-state index in [9.17, 15) is 9.59 Å². The molecule has 0 fully saturated rings. The molecule has 0 unspecified atom stereocenters. The number of hydrogen-bond acceptors (Lipinski definition) is 7. The van der Waals surface area contributed by atoms with Crippen LogP contribution < -0.4 is 19.5 Å². The molecule has 1 heterocycles. The molecule has 39 heavy (non-hydrogen) atoms. The van der Waals surface area contributed by atoms with Crippen molar-refractivity contribution in [1.29, 1.82) is 0 Å². The Labute approximate surface area is 231 Å². The summed E-state index contributed by atoms with van der Waals surface area (Å²) in [6.07, 6.45) is 2.57. The number of carbonyl (C=O) groups excluding carboxylic acids is 2. The van der Waals surface area contributed by atoms with Gasteiger partial charge in [0.1, 0.15) is 5.75 Å². The zero-order chi connectivity index (χ0) is 28.1. The average molecular weight is 534 g/mol. The second-order valence-electron chi connectivity index (χ2n) is 10.3. The fourth-order valence-electron chi connectivity index (χ4n) is 5.42. The maximum absolute atomic E-state index is 14.0. The van der Waals surface area contributed by atoms with E-state index < -0.39 is 11.9 Å². The maximum Gasteiger partial charge on any atom is 0.337 e. The first-order valence-electron chi connectivity index (χ1n) is 13.7. The fraction of sp³-hybridized carbons (Fsp3) is 0.438. The van der Waals surface area contributed by atoms with Crippen LogP contribution in [0.3, 0.4) is 0 Å². The van der Waals surface area contributed by atoms with Gasteiger partial charge in [0, 0.05) is 29.0 Å². The maximum atomic E-state index is 14.0. The highest BCUT2D eigenvalue weighted by atomic mass is 16.5. The van der Waals surface area contributed by atoms with E-state index in [4.69, 9.17) is 18.9 Å². The van der Waals surface area contributed by atoms with Crippen molar-refractivity contribution >= 4 is 11.8 Å². The zero-order valence-corrected chi connectivity index (χ0v) is 23.8. The Balaban J connectivity index is 1.79. The van der Waals surface area contributed by atoms with Crippen LogP contribution in [0.2, 0.25) is 0 Å². The number of unbranched alkanes of at least 4 members (excludes halogenated alkanes) is 1. The Hall–Kier alpha value is -3.74. The second kappa shape index (κ2) is 12.4. The number of hydrogen-bond donors (Lipinski definition) is 1. The number of methoxy groups -OCH3 is 2. The molecule has 1 aliphatic carbocycles. The van der Waals surface area contributed by atoms with E-state index in [-0.39, 0.29) is 17.8 Å². The SMILES string of the molecule is CCCCOc1ccccc1[C@@H]1C(C(=O)OC(C)C)=C(C)NC2=C1C(=O)C[C@H](c1ccc(OC)c(OC)c1)C2. The third-order valence-corrected chi connectivity index (χ3v) is 7.25. The highest BCUT2D eigenvalue weighted by molar-refractivity contribution is 6.04. The van der Waals surface area contributed by atoms with Crippen molar-refractivity contribution in [3.63, 3.8) is 0 Å². The van der Waals surface area contributed by atoms with Gasteiger partial charge in [-0.1, -0.05) is 37.6 Å². The molecule has 2 aromatic carbocycles. The number of rotatable bonds is 10. The summed E-state index contributed by atoms with van der Waals surface area (Å²) >= 11 is 0. The highest BCUT2D eigenvalue weighted by Gasteiger charge is 2.42. The third-order valence-electron chi connectivity index (χ3n) is 7.25. The van der Waals surface area contributed by atoms with Gasteiger partial charge in [0.2, 0.25) is 0 Å². The van der Waals surface area contributed by atoms with E-state index in [0.29, 0.717) is 53.5 Å². The second-order valence-corrected chi connectivity index (χ2v) is 10.3. The van der Waals surface area contributed by atoms with Gasteiger partial charge >= 0.3 is 5.97 Å². The summed E-state index contributed by atoms with van der Waals surface area (Å²) in [5.74, 6) is 0.906. The van der Waals surface area contributed by atoms with Crippen molar-refractivity contribution in [2.45, 2.75) is 71.3 Å². The van der Waals surface area contributed by atoms with Crippen molar-refractivity contribution in [2.75, 3.05) is 20.8 Å². The molecular formula is C32H39NO6. The van der Waals surface area contributed by atoms with Crippen LogP contribution in [-0.4, -0.2) is 38.7 Å². The number of esters is 1. The third kappa shape index (κ3) is 5.97. The Kier molecular flexibility index (Phi) is 9.00. The molecule has 7 heteroatoms. The van der Waals surface area contributed by atoms with E-state index in [1.165, 1.54) is 0 Å². The number of Topliss-reactive ketones (excluding diaryl/α,β-unsaturated/α-hetero) is 1. The van der Waals surface area contributed by atoms with Crippen LogP contribution in [0, 0.1) is 0 Å². The van der Waals surface area contributed by atoms with E-state index in [1.54, 1.807) is 14.2 Å². The van der Waals surface area contributed by atoms with Crippen LogP contribution in [0.1, 0.15) is 76.3 Å². The molecule has 2 aromatic rings.